The second-order valence-electron chi connectivity index (χ2n) is 7.53. The summed E-state index contributed by atoms with van der Waals surface area (Å²) in [6, 6.07) is 1.95. The first-order valence-electron chi connectivity index (χ1n) is 9.45. The Hall–Kier alpha value is -1.95. The Balaban J connectivity index is 1.63. The predicted molar refractivity (Wildman–Crippen MR) is 95.4 cm³/mol. The highest BCUT2D eigenvalue weighted by Gasteiger charge is 2.30. The topological polar surface area (TPSA) is 94.0 Å². The van der Waals surface area contributed by atoms with Crippen LogP contribution in [-0.4, -0.2) is 28.6 Å². The Labute approximate surface area is 147 Å². The van der Waals surface area contributed by atoms with Crippen molar-refractivity contribution in [3.05, 3.63) is 23.0 Å². The van der Waals surface area contributed by atoms with Crippen molar-refractivity contribution in [1.82, 2.24) is 15.5 Å². The molecule has 0 spiro atoms. The van der Waals surface area contributed by atoms with Crippen LogP contribution in [0.15, 0.2) is 10.6 Å². The van der Waals surface area contributed by atoms with Gasteiger partial charge >= 0.3 is 0 Å². The number of rotatable bonds is 5. The molecule has 0 radical (unpaired) electrons. The first-order valence-corrected chi connectivity index (χ1v) is 9.45. The van der Waals surface area contributed by atoms with Gasteiger partial charge < -0.3 is 15.6 Å². The number of nitrogens with zero attached hydrogens (tertiary/aromatic N) is 2. The first-order chi connectivity index (χ1) is 12.2. The standard InChI is InChI=1S/C19H26N4O2/c1-11-17-14(9-15(13-7-8-13)22-19(17)25-23-11)18(24)21-16(10-20)12-5-3-2-4-6-12/h9,12-13,16H,2-8,10,20H2,1H3,(H,21,24). The van der Waals surface area contributed by atoms with Crippen molar-refractivity contribution < 1.29 is 9.32 Å². The third-order valence-electron chi connectivity index (χ3n) is 5.67. The van der Waals surface area contributed by atoms with E-state index in [0.29, 0.717) is 35.4 Å². The molecular weight excluding hydrogens is 316 g/mol. The Morgan fingerprint density at radius 1 is 1.32 bits per heavy atom. The summed E-state index contributed by atoms with van der Waals surface area (Å²) in [6.45, 7) is 2.32. The molecule has 0 aliphatic heterocycles. The number of hydrogen-bond acceptors (Lipinski definition) is 5. The fraction of sp³-hybridized carbons (Fsp3) is 0.632. The number of pyridine rings is 1. The molecule has 2 heterocycles. The van der Waals surface area contributed by atoms with Gasteiger partial charge in [0.2, 0.25) is 0 Å². The van der Waals surface area contributed by atoms with E-state index in [9.17, 15) is 4.79 Å². The molecule has 134 valence electrons. The maximum atomic E-state index is 13.1. The monoisotopic (exact) mass is 342 g/mol. The Morgan fingerprint density at radius 3 is 2.76 bits per heavy atom. The predicted octanol–water partition coefficient (Wildman–Crippen LogP) is 3.05. The average molecular weight is 342 g/mol. The molecule has 0 saturated heterocycles. The van der Waals surface area contributed by atoms with Crippen molar-refractivity contribution in [2.45, 2.75) is 63.8 Å². The average Bonchev–Trinajstić information content (AvgIpc) is 3.43. The molecule has 2 saturated carbocycles. The summed E-state index contributed by atoms with van der Waals surface area (Å²) in [7, 11) is 0. The summed E-state index contributed by atoms with van der Waals surface area (Å²) in [4.78, 5) is 17.6. The first kappa shape index (κ1) is 16.5. The highest BCUT2D eigenvalue weighted by molar-refractivity contribution is 6.06. The number of aromatic nitrogens is 2. The lowest BCUT2D eigenvalue weighted by molar-refractivity contribution is 0.0917. The zero-order valence-corrected chi connectivity index (χ0v) is 14.8. The van der Waals surface area contributed by atoms with E-state index in [-0.39, 0.29) is 11.9 Å². The van der Waals surface area contributed by atoms with Crippen LogP contribution in [0.25, 0.3) is 11.1 Å². The van der Waals surface area contributed by atoms with E-state index in [1.165, 1.54) is 19.3 Å². The van der Waals surface area contributed by atoms with Crippen molar-refractivity contribution in [3.8, 4) is 0 Å². The van der Waals surface area contributed by atoms with Crippen molar-refractivity contribution in [3.63, 3.8) is 0 Å². The van der Waals surface area contributed by atoms with Crippen LogP contribution in [0.2, 0.25) is 0 Å². The van der Waals surface area contributed by atoms with Gasteiger partial charge in [-0.25, -0.2) is 4.98 Å². The molecule has 4 rings (SSSR count). The van der Waals surface area contributed by atoms with E-state index in [1.54, 1.807) is 0 Å². The number of carbonyl (C=O) groups excluding carboxylic acids is 1. The zero-order chi connectivity index (χ0) is 17.4. The minimum absolute atomic E-state index is 0.0283. The van der Waals surface area contributed by atoms with E-state index in [1.807, 2.05) is 13.0 Å². The summed E-state index contributed by atoms with van der Waals surface area (Å²) >= 11 is 0. The SMILES string of the molecule is Cc1noc2nc(C3CC3)cc(C(=O)NC(CN)C3CCCCC3)c12. The van der Waals surface area contributed by atoms with E-state index in [4.69, 9.17) is 10.3 Å². The molecule has 0 bridgehead atoms. The van der Waals surface area contributed by atoms with Gasteiger partial charge in [0.25, 0.3) is 11.6 Å². The lowest BCUT2D eigenvalue weighted by Gasteiger charge is -2.30. The molecule has 6 nitrogen and oxygen atoms in total. The van der Waals surface area contributed by atoms with Crippen molar-refractivity contribution in [1.29, 1.82) is 0 Å². The smallest absolute Gasteiger partial charge is 0.259 e. The summed E-state index contributed by atoms with van der Waals surface area (Å²) in [5.74, 6) is 0.845. The van der Waals surface area contributed by atoms with Crippen LogP contribution in [0.5, 0.6) is 0 Å². The summed E-state index contributed by atoms with van der Waals surface area (Å²) in [5.41, 5.74) is 8.72. The minimum Gasteiger partial charge on any atom is -0.348 e. The molecule has 2 aliphatic carbocycles. The number of fused-ring (bicyclic) bond motifs is 1. The Kier molecular flexibility index (Phi) is 4.46. The van der Waals surface area contributed by atoms with Gasteiger partial charge in [0.1, 0.15) is 0 Å². The number of aryl methyl sites for hydroxylation is 1. The molecule has 1 amide bonds. The highest BCUT2D eigenvalue weighted by Crippen LogP contribution is 2.40. The molecule has 2 aromatic rings. The molecule has 6 heteroatoms. The van der Waals surface area contributed by atoms with Crippen molar-refractivity contribution in [2.24, 2.45) is 11.7 Å². The molecule has 2 aromatic heterocycles. The largest absolute Gasteiger partial charge is 0.348 e. The maximum absolute atomic E-state index is 13.1. The molecule has 25 heavy (non-hydrogen) atoms. The van der Waals surface area contributed by atoms with Crippen LogP contribution in [0, 0.1) is 12.8 Å². The van der Waals surface area contributed by atoms with E-state index < -0.39 is 0 Å². The molecule has 1 atom stereocenters. The lowest BCUT2D eigenvalue weighted by Crippen LogP contribution is -2.46. The number of nitrogens with two attached hydrogens (primary N) is 1. The summed E-state index contributed by atoms with van der Waals surface area (Å²) < 4.78 is 5.34. The van der Waals surface area contributed by atoms with E-state index in [0.717, 1.165) is 36.8 Å². The van der Waals surface area contributed by atoms with Gasteiger partial charge in [-0.1, -0.05) is 24.4 Å². The van der Waals surface area contributed by atoms with Gasteiger partial charge in [0.15, 0.2) is 0 Å². The second kappa shape index (κ2) is 6.75. The minimum atomic E-state index is -0.0818. The van der Waals surface area contributed by atoms with Crippen molar-refractivity contribution >= 4 is 17.0 Å². The highest BCUT2D eigenvalue weighted by atomic mass is 16.5. The van der Waals surface area contributed by atoms with Gasteiger partial charge in [-0.3, -0.25) is 4.79 Å². The van der Waals surface area contributed by atoms with Gasteiger partial charge in [-0.2, -0.15) is 0 Å². The van der Waals surface area contributed by atoms with Gasteiger partial charge in [-0.15, -0.1) is 0 Å². The van der Waals surface area contributed by atoms with Crippen LogP contribution >= 0.6 is 0 Å². The van der Waals surface area contributed by atoms with Crippen LogP contribution in [-0.2, 0) is 0 Å². The number of nitrogens with one attached hydrogen (secondary N) is 1. The molecule has 0 aromatic carbocycles. The fourth-order valence-corrected chi connectivity index (χ4v) is 4.03. The summed E-state index contributed by atoms with van der Waals surface area (Å²) in [5, 5.41) is 7.92. The quantitative estimate of drug-likeness (QED) is 0.871. The molecule has 3 N–H and O–H groups in total. The third-order valence-corrected chi connectivity index (χ3v) is 5.67. The Bertz CT molecular complexity index is 775. The number of hydrogen-bond donors (Lipinski definition) is 2. The normalized spacial score (nSPS) is 19.9. The fourth-order valence-electron chi connectivity index (χ4n) is 4.03. The second-order valence-corrected chi connectivity index (χ2v) is 7.53. The number of amides is 1. The van der Waals surface area contributed by atoms with Gasteiger partial charge in [0.05, 0.1) is 16.6 Å². The maximum Gasteiger partial charge on any atom is 0.259 e. The molecular formula is C19H26N4O2. The molecule has 2 aliphatic rings. The van der Waals surface area contributed by atoms with E-state index >= 15 is 0 Å². The van der Waals surface area contributed by atoms with E-state index in [2.05, 4.69) is 15.5 Å². The number of carbonyl (C=O) groups is 1. The van der Waals surface area contributed by atoms with Crippen LogP contribution in [0.1, 0.15) is 72.6 Å². The van der Waals surface area contributed by atoms with Crippen LogP contribution in [0.3, 0.4) is 0 Å². The van der Waals surface area contributed by atoms with Gasteiger partial charge in [-0.05, 0) is 44.6 Å². The van der Waals surface area contributed by atoms with Crippen LogP contribution < -0.4 is 11.1 Å². The lowest BCUT2D eigenvalue weighted by atomic mass is 9.83. The van der Waals surface area contributed by atoms with Gasteiger partial charge in [0, 0.05) is 24.2 Å². The zero-order valence-electron chi connectivity index (χ0n) is 14.8. The third kappa shape index (κ3) is 3.27. The molecule has 1 unspecified atom stereocenters. The molecule has 2 fully saturated rings. The van der Waals surface area contributed by atoms with Crippen LogP contribution in [0.4, 0.5) is 0 Å². The Morgan fingerprint density at radius 2 is 2.08 bits per heavy atom. The van der Waals surface area contributed by atoms with Crippen molar-refractivity contribution in [2.75, 3.05) is 6.54 Å². The summed E-state index contributed by atoms with van der Waals surface area (Å²) in [6.07, 6.45) is 8.29.